The van der Waals surface area contributed by atoms with Crippen LogP contribution in [0.5, 0.6) is 0 Å². The first-order chi connectivity index (χ1) is 7.43. The van der Waals surface area contributed by atoms with E-state index >= 15 is 0 Å². The average molecular weight is 239 g/mol. The summed E-state index contributed by atoms with van der Waals surface area (Å²) in [5.74, 6) is 3.59. The monoisotopic (exact) mass is 239 g/mol. The Labute approximate surface area is 99.7 Å². The lowest BCUT2D eigenvalue weighted by Crippen LogP contribution is -2.33. The fraction of sp³-hybridized carbons (Fsp3) is 0.667. The van der Waals surface area contributed by atoms with Gasteiger partial charge in [-0.25, -0.2) is 0 Å². The predicted octanol–water partition coefficient (Wildman–Crippen LogP) is 3.29. The molecule has 82 valence electrons. The summed E-state index contributed by atoms with van der Waals surface area (Å²) in [7, 11) is 0. The van der Waals surface area contributed by atoms with Gasteiger partial charge in [0.25, 0.3) is 0 Å². The number of hydrogen-bond donors (Lipinski definition) is 1. The minimum absolute atomic E-state index is 0.661. The smallest absolute Gasteiger partial charge is 0.0445 e. The molecule has 1 N–H and O–H groups in total. The molecule has 1 aliphatic carbocycles. The number of thiophene rings is 1. The van der Waals surface area contributed by atoms with Crippen LogP contribution in [0.15, 0.2) is 17.5 Å². The molecule has 2 heterocycles. The standard InChI is InChI=1S/C12H17NS2/c1-2-11(15-6-1)12(9-3-4-9)13-10-5-7-14-8-10/h1-2,6,9-10,12-13H,3-5,7-8H2. The first-order valence-corrected chi connectivity index (χ1v) is 7.84. The second-order valence-corrected chi connectivity index (χ2v) is 6.69. The number of nitrogens with one attached hydrogen (secondary N) is 1. The van der Waals surface area contributed by atoms with Gasteiger partial charge < -0.3 is 5.32 Å². The van der Waals surface area contributed by atoms with Crippen LogP contribution in [0.1, 0.15) is 30.2 Å². The van der Waals surface area contributed by atoms with E-state index in [1.807, 2.05) is 11.3 Å². The van der Waals surface area contributed by atoms with Crippen molar-refractivity contribution in [2.45, 2.75) is 31.3 Å². The zero-order valence-electron chi connectivity index (χ0n) is 8.82. The lowest BCUT2D eigenvalue weighted by atomic mass is 10.1. The fourth-order valence-electron chi connectivity index (χ4n) is 2.27. The third-order valence-corrected chi connectivity index (χ3v) is 5.41. The summed E-state index contributed by atoms with van der Waals surface area (Å²) < 4.78 is 0. The van der Waals surface area contributed by atoms with Gasteiger partial charge in [-0.2, -0.15) is 11.8 Å². The van der Waals surface area contributed by atoms with Crippen LogP contribution in [0.2, 0.25) is 0 Å². The molecule has 3 rings (SSSR count). The van der Waals surface area contributed by atoms with Gasteiger partial charge in [0.05, 0.1) is 0 Å². The number of thioether (sulfide) groups is 1. The largest absolute Gasteiger partial charge is 0.305 e. The second kappa shape index (κ2) is 4.48. The molecule has 1 aliphatic heterocycles. The van der Waals surface area contributed by atoms with Gasteiger partial charge in [-0.15, -0.1) is 11.3 Å². The van der Waals surface area contributed by atoms with Crippen molar-refractivity contribution in [1.82, 2.24) is 5.32 Å². The summed E-state index contributed by atoms with van der Waals surface area (Å²) in [5.41, 5.74) is 0. The molecule has 1 aromatic rings. The van der Waals surface area contributed by atoms with Crippen LogP contribution >= 0.6 is 23.1 Å². The quantitative estimate of drug-likeness (QED) is 0.865. The normalized spacial score (nSPS) is 28.1. The molecule has 2 fully saturated rings. The SMILES string of the molecule is c1csc(C(NC2CCSC2)C2CC2)c1. The van der Waals surface area contributed by atoms with Gasteiger partial charge >= 0.3 is 0 Å². The Morgan fingerprint density at radius 1 is 1.33 bits per heavy atom. The molecule has 3 heteroatoms. The molecular formula is C12H17NS2. The van der Waals surface area contributed by atoms with Gasteiger partial charge in [0.15, 0.2) is 0 Å². The lowest BCUT2D eigenvalue weighted by molar-refractivity contribution is 0.429. The van der Waals surface area contributed by atoms with Crippen molar-refractivity contribution in [2.75, 3.05) is 11.5 Å². The molecular weight excluding hydrogens is 222 g/mol. The van der Waals surface area contributed by atoms with E-state index in [1.165, 1.54) is 30.8 Å². The van der Waals surface area contributed by atoms with Crippen LogP contribution in [0.4, 0.5) is 0 Å². The summed E-state index contributed by atoms with van der Waals surface area (Å²) in [4.78, 5) is 1.55. The predicted molar refractivity (Wildman–Crippen MR) is 68.6 cm³/mol. The third kappa shape index (κ3) is 2.40. The minimum Gasteiger partial charge on any atom is -0.305 e. The van der Waals surface area contributed by atoms with E-state index in [1.54, 1.807) is 4.88 Å². The van der Waals surface area contributed by atoms with E-state index in [0.29, 0.717) is 6.04 Å². The van der Waals surface area contributed by atoms with Crippen molar-refractivity contribution in [2.24, 2.45) is 5.92 Å². The molecule has 1 aromatic heterocycles. The second-order valence-electron chi connectivity index (χ2n) is 4.56. The maximum absolute atomic E-state index is 3.87. The van der Waals surface area contributed by atoms with Crippen LogP contribution in [0.3, 0.4) is 0 Å². The average Bonchev–Trinajstić information content (AvgIpc) is 2.78. The van der Waals surface area contributed by atoms with E-state index < -0.39 is 0 Å². The highest BCUT2D eigenvalue weighted by Crippen LogP contribution is 2.43. The maximum Gasteiger partial charge on any atom is 0.0445 e. The Kier molecular flexibility index (Phi) is 3.04. The Bertz CT molecular complexity index is 299. The van der Waals surface area contributed by atoms with E-state index in [0.717, 1.165) is 12.0 Å². The Morgan fingerprint density at radius 2 is 2.27 bits per heavy atom. The minimum atomic E-state index is 0.661. The molecule has 0 aromatic carbocycles. The Morgan fingerprint density at radius 3 is 2.87 bits per heavy atom. The van der Waals surface area contributed by atoms with Crippen molar-refractivity contribution in [3.8, 4) is 0 Å². The summed E-state index contributed by atoms with van der Waals surface area (Å²) in [5, 5.41) is 6.07. The molecule has 1 saturated carbocycles. The van der Waals surface area contributed by atoms with E-state index in [-0.39, 0.29) is 0 Å². The summed E-state index contributed by atoms with van der Waals surface area (Å²) >= 11 is 4.01. The molecule has 1 nitrogen and oxygen atoms in total. The molecule has 2 unspecified atom stereocenters. The van der Waals surface area contributed by atoms with Crippen molar-refractivity contribution in [1.29, 1.82) is 0 Å². The summed E-state index contributed by atoms with van der Waals surface area (Å²) in [6.07, 6.45) is 4.21. The Balaban J connectivity index is 1.68. The van der Waals surface area contributed by atoms with Crippen LogP contribution in [-0.4, -0.2) is 17.5 Å². The highest BCUT2D eigenvalue weighted by Gasteiger charge is 2.34. The molecule has 2 atom stereocenters. The lowest BCUT2D eigenvalue weighted by Gasteiger charge is -2.21. The van der Waals surface area contributed by atoms with E-state index in [9.17, 15) is 0 Å². The first kappa shape index (κ1) is 10.2. The van der Waals surface area contributed by atoms with Crippen LogP contribution in [-0.2, 0) is 0 Å². The number of rotatable bonds is 4. The van der Waals surface area contributed by atoms with Gasteiger partial charge in [0.1, 0.15) is 0 Å². The highest BCUT2D eigenvalue weighted by atomic mass is 32.2. The van der Waals surface area contributed by atoms with Crippen molar-refractivity contribution >= 4 is 23.1 Å². The molecule has 15 heavy (non-hydrogen) atoms. The molecule has 0 radical (unpaired) electrons. The first-order valence-electron chi connectivity index (χ1n) is 5.80. The number of hydrogen-bond acceptors (Lipinski definition) is 3. The summed E-state index contributed by atoms with van der Waals surface area (Å²) in [6, 6.07) is 5.90. The van der Waals surface area contributed by atoms with Gasteiger partial charge in [0.2, 0.25) is 0 Å². The topological polar surface area (TPSA) is 12.0 Å². The van der Waals surface area contributed by atoms with Crippen LogP contribution < -0.4 is 5.32 Å². The molecule has 2 aliphatic rings. The van der Waals surface area contributed by atoms with E-state index in [4.69, 9.17) is 0 Å². The molecule has 0 spiro atoms. The van der Waals surface area contributed by atoms with Gasteiger partial charge in [-0.1, -0.05) is 6.07 Å². The maximum atomic E-state index is 3.87. The summed E-state index contributed by atoms with van der Waals surface area (Å²) in [6.45, 7) is 0. The van der Waals surface area contributed by atoms with Crippen molar-refractivity contribution in [3.05, 3.63) is 22.4 Å². The Hall–Kier alpha value is 0.01000. The van der Waals surface area contributed by atoms with Crippen LogP contribution in [0.25, 0.3) is 0 Å². The highest BCUT2D eigenvalue weighted by molar-refractivity contribution is 7.99. The zero-order chi connectivity index (χ0) is 10.1. The molecule has 1 saturated heterocycles. The van der Waals surface area contributed by atoms with Crippen LogP contribution in [0, 0.1) is 5.92 Å². The van der Waals surface area contributed by atoms with Gasteiger partial charge in [0, 0.05) is 22.7 Å². The third-order valence-electron chi connectivity index (χ3n) is 3.29. The molecule has 0 bridgehead atoms. The zero-order valence-corrected chi connectivity index (χ0v) is 10.4. The molecule has 0 amide bonds. The van der Waals surface area contributed by atoms with E-state index in [2.05, 4.69) is 34.6 Å². The van der Waals surface area contributed by atoms with Crippen molar-refractivity contribution in [3.63, 3.8) is 0 Å². The fourth-order valence-corrected chi connectivity index (χ4v) is 4.31. The van der Waals surface area contributed by atoms with Gasteiger partial charge in [-0.3, -0.25) is 0 Å². The van der Waals surface area contributed by atoms with Crippen molar-refractivity contribution < 1.29 is 0 Å². The van der Waals surface area contributed by atoms with Gasteiger partial charge in [-0.05, 0) is 42.4 Å².